The molecule has 0 aliphatic carbocycles. The highest BCUT2D eigenvalue weighted by Crippen LogP contribution is 2.19. The molecule has 25 heavy (non-hydrogen) atoms. The highest BCUT2D eigenvalue weighted by atomic mass is 32.2. The van der Waals surface area contributed by atoms with E-state index in [2.05, 4.69) is 10.6 Å². The number of nitrogens with zero attached hydrogens (tertiary/aromatic N) is 2. The van der Waals surface area contributed by atoms with Crippen LogP contribution in [0.25, 0.3) is 0 Å². The molecule has 10 heteroatoms. The van der Waals surface area contributed by atoms with Crippen LogP contribution in [0.2, 0.25) is 0 Å². The van der Waals surface area contributed by atoms with Gasteiger partial charge in [-0.1, -0.05) is 0 Å². The summed E-state index contributed by atoms with van der Waals surface area (Å²) in [7, 11) is -3.51. The maximum Gasteiger partial charge on any atom is 0.243 e. The second-order valence-corrected chi connectivity index (χ2v) is 8.07. The zero-order valence-corrected chi connectivity index (χ0v) is 15.2. The first kappa shape index (κ1) is 18.1. The maximum atomic E-state index is 12.6. The molecule has 0 atom stereocenters. The third kappa shape index (κ3) is 4.27. The van der Waals surface area contributed by atoms with E-state index >= 15 is 0 Å². The van der Waals surface area contributed by atoms with Gasteiger partial charge in [0.05, 0.1) is 24.7 Å². The Kier molecular flexibility index (Phi) is 5.52. The molecule has 8 nitrogen and oxygen atoms in total. The third-order valence-electron chi connectivity index (χ3n) is 4.04. The fourth-order valence-corrected chi connectivity index (χ4v) is 4.34. The van der Waals surface area contributed by atoms with Gasteiger partial charge in [0.2, 0.25) is 15.9 Å². The highest BCUT2D eigenvalue weighted by Gasteiger charge is 2.26. The van der Waals surface area contributed by atoms with E-state index in [0.29, 0.717) is 50.2 Å². The number of hydrogen-bond donors (Lipinski definition) is 2. The number of nitrogens with one attached hydrogen (secondary N) is 2. The van der Waals surface area contributed by atoms with E-state index in [9.17, 15) is 13.2 Å². The zero-order chi connectivity index (χ0) is 17.9. The molecule has 2 aliphatic heterocycles. The van der Waals surface area contributed by atoms with Gasteiger partial charge in [0.15, 0.2) is 5.11 Å². The standard InChI is InChI=1S/C15H20N4O4S2/c20-14-11-18(6-5-16-14)15(24)17-12-1-3-13(4-2-12)25(21,22)19-7-9-23-10-8-19/h1-4H,5-11H2,(H,16,20)(H,17,24). The topological polar surface area (TPSA) is 91.0 Å². The lowest BCUT2D eigenvalue weighted by molar-refractivity contribution is -0.122. The number of anilines is 1. The molecule has 2 saturated heterocycles. The van der Waals surface area contributed by atoms with Crippen LogP contribution >= 0.6 is 12.2 Å². The number of amides is 1. The van der Waals surface area contributed by atoms with Gasteiger partial charge in [-0.15, -0.1) is 0 Å². The monoisotopic (exact) mass is 384 g/mol. The summed E-state index contributed by atoms with van der Waals surface area (Å²) in [6.45, 7) is 2.97. The summed E-state index contributed by atoms with van der Waals surface area (Å²) in [5.41, 5.74) is 0.678. The number of benzene rings is 1. The predicted octanol–water partition coefficient (Wildman–Crippen LogP) is -0.164. The van der Waals surface area contributed by atoms with E-state index in [4.69, 9.17) is 17.0 Å². The maximum absolute atomic E-state index is 12.6. The summed E-state index contributed by atoms with van der Waals surface area (Å²) in [6, 6.07) is 6.45. The van der Waals surface area contributed by atoms with Gasteiger partial charge >= 0.3 is 0 Å². The summed E-state index contributed by atoms with van der Waals surface area (Å²) in [5.74, 6) is -0.0673. The van der Waals surface area contributed by atoms with E-state index < -0.39 is 10.0 Å². The summed E-state index contributed by atoms with van der Waals surface area (Å²) < 4.78 is 31.8. The minimum absolute atomic E-state index is 0.0673. The Labute approximate surface area is 152 Å². The van der Waals surface area contributed by atoms with Crippen molar-refractivity contribution in [2.24, 2.45) is 0 Å². The fraction of sp³-hybridized carbons (Fsp3) is 0.467. The van der Waals surface area contributed by atoms with Crippen LogP contribution in [0.4, 0.5) is 5.69 Å². The smallest absolute Gasteiger partial charge is 0.243 e. The lowest BCUT2D eigenvalue weighted by Gasteiger charge is -2.29. The highest BCUT2D eigenvalue weighted by molar-refractivity contribution is 7.89. The Morgan fingerprint density at radius 2 is 1.84 bits per heavy atom. The number of piperazine rings is 1. The number of thiocarbonyl (C=S) groups is 1. The quantitative estimate of drug-likeness (QED) is 0.700. The van der Waals surface area contributed by atoms with Gasteiger partial charge < -0.3 is 20.3 Å². The summed E-state index contributed by atoms with van der Waals surface area (Å²) >= 11 is 5.31. The second-order valence-electron chi connectivity index (χ2n) is 5.74. The number of sulfonamides is 1. The molecule has 2 fully saturated rings. The Morgan fingerprint density at radius 3 is 2.48 bits per heavy atom. The Bertz CT molecular complexity index is 745. The van der Waals surface area contributed by atoms with Crippen LogP contribution in [0.5, 0.6) is 0 Å². The first-order valence-electron chi connectivity index (χ1n) is 7.97. The molecule has 1 amide bonds. The molecule has 0 spiro atoms. The van der Waals surface area contributed by atoms with E-state index in [1.807, 2.05) is 0 Å². The molecule has 1 aromatic carbocycles. The van der Waals surface area contributed by atoms with E-state index in [0.717, 1.165) is 0 Å². The van der Waals surface area contributed by atoms with Crippen LogP contribution in [0.3, 0.4) is 0 Å². The van der Waals surface area contributed by atoms with Crippen LogP contribution in [0.15, 0.2) is 29.2 Å². The molecule has 0 unspecified atom stereocenters. The molecule has 0 saturated carbocycles. The Balaban J connectivity index is 1.65. The van der Waals surface area contributed by atoms with Crippen molar-refractivity contribution >= 4 is 38.9 Å². The van der Waals surface area contributed by atoms with Crippen molar-refractivity contribution in [3.05, 3.63) is 24.3 Å². The number of rotatable bonds is 3. The van der Waals surface area contributed by atoms with Gasteiger partial charge in [-0.25, -0.2) is 8.42 Å². The minimum Gasteiger partial charge on any atom is -0.379 e. The van der Waals surface area contributed by atoms with Crippen molar-refractivity contribution in [2.45, 2.75) is 4.90 Å². The average Bonchev–Trinajstić information content (AvgIpc) is 2.63. The first-order valence-corrected chi connectivity index (χ1v) is 9.82. The second kappa shape index (κ2) is 7.65. The lowest BCUT2D eigenvalue weighted by atomic mass is 10.3. The predicted molar refractivity (Wildman–Crippen MR) is 96.8 cm³/mol. The van der Waals surface area contributed by atoms with Gasteiger partial charge in [0.1, 0.15) is 0 Å². The molecule has 0 radical (unpaired) electrons. The summed E-state index contributed by atoms with van der Waals surface area (Å²) in [6.07, 6.45) is 0. The summed E-state index contributed by atoms with van der Waals surface area (Å²) in [5, 5.41) is 6.22. The number of ether oxygens (including phenoxy) is 1. The van der Waals surface area contributed by atoms with Crippen molar-refractivity contribution in [1.29, 1.82) is 0 Å². The molecule has 2 heterocycles. The molecular weight excluding hydrogens is 364 g/mol. The van der Waals surface area contributed by atoms with E-state index in [1.54, 1.807) is 29.2 Å². The number of carbonyl (C=O) groups is 1. The van der Waals surface area contributed by atoms with Gasteiger partial charge in [-0.3, -0.25) is 4.79 Å². The molecule has 3 rings (SSSR count). The SMILES string of the molecule is O=C1CN(C(=S)Nc2ccc(S(=O)(=O)N3CCOCC3)cc2)CCN1. The molecule has 0 aromatic heterocycles. The van der Waals surface area contributed by atoms with Gasteiger partial charge in [-0.05, 0) is 36.5 Å². The Morgan fingerprint density at radius 1 is 1.16 bits per heavy atom. The molecule has 2 N–H and O–H groups in total. The van der Waals surface area contributed by atoms with Crippen molar-refractivity contribution in [2.75, 3.05) is 51.3 Å². The fourth-order valence-electron chi connectivity index (χ4n) is 2.66. The Hall–Kier alpha value is -1.75. The number of hydrogen-bond acceptors (Lipinski definition) is 5. The largest absolute Gasteiger partial charge is 0.379 e. The molecule has 136 valence electrons. The summed E-state index contributed by atoms with van der Waals surface area (Å²) in [4.78, 5) is 13.4. The number of carbonyl (C=O) groups excluding carboxylic acids is 1. The van der Waals surface area contributed by atoms with Crippen molar-refractivity contribution < 1.29 is 17.9 Å². The van der Waals surface area contributed by atoms with Crippen LogP contribution in [-0.4, -0.2) is 74.6 Å². The van der Waals surface area contributed by atoms with Gasteiger partial charge in [-0.2, -0.15) is 4.31 Å². The molecular formula is C15H20N4O4S2. The third-order valence-corrected chi connectivity index (χ3v) is 6.31. The lowest BCUT2D eigenvalue weighted by Crippen LogP contribution is -2.51. The molecule has 1 aromatic rings. The number of morpholine rings is 1. The van der Waals surface area contributed by atoms with Crippen molar-refractivity contribution in [1.82, 2.24) is 14.5 Å². The van der Waals surface area contributed by atoms with Crippen LogP contribution < -0.4 is 10.6 Å². The minimum atomic E-state index is -3.51. The molecule has 0 bridgehead atoms. The van der Waals surface area contributed by atoms with Crippen LogP contribution in [0, 0.1) is 0 Å². The average molecular weight is 384 g/mol. The van der Waals surface area contributed by atoms with Gasteiger partial charge in [0, 0.05) is 31.9 Å². The van der Waals surface area contributed by atoms with Crippen LogP contribution in [-0.2, 0) is 19.6 Å². The zero-order valence-electron chi connectivity index (χ0n) is 13.6. The van der Waals surface area contributed by atoms with Crippen molar-refractivity contribution in [3.63, 3.8) is 0 Å². The van der Waals surface area contributed by atoms with Crippen molar-refractivity contribution in [3.8, 4) is 0 Å². The molecule has 2 aliphatic rings. The van der Waals surface area contributed by atoms with Gasteiger partial charge in [0.25, 0.3) is 0 Å². The van der Waals surface area contributed by atoms with E-state index in [-0.39, 0.29) is 17.3 Å². The normalized spacial score (nSPS) is 19.4. The van der Waals surface area contributed by atoms with Crippen LogP contribution in [0.1, 0.15) is 0 Å². The first-order chi connectivity index (χ1) is 12.0. The van der Waals surface area contributed by atoms with E-state index in [1.165, 1.54) is 4.31 Å².